The van der Waals surface area contributed by atoms with E-state index in [1.165, 1.54) is 10.5 Å². The van der Waals surface area contributed by atoms with Gasteiger partial charge in [-0.25, -0.2) is 13.4 Å². The molecule has 150 valence electrons. The molecule has 1 unspecified atom stereocenters. The minimum Gasteiger partial charge on any atom is -0.368 e. The molecule has 2 heterocycles. The minimum atomic E-state index is -3.42. The summed E-state index contributed by atoms with van der Waals surface area (Å²) in [7, 11) is -3.42. The Labute approximate surface area is 164 Å². The van der Waals surface area contributed by atoms with E-state index in [2.05, 4.69) is 42.2 Å². The number of nitrogens with zero attached hydrogens (tertiary/aromatic N) is 3. The minimum absolute atomic E-state index is 0.260. The molecule has 1 N–H and O–H groups in total. The Bertz CT molecular complexity index is 700. The predicted octanol–water partition coefficient (Wildman–Crippen LogP) is 2.98. The van der Waals surface area contributed by atoms with Crippen LogP contribution in [0.5, 0.6) is 0 Å². The third-order valence-electron chi connectivity index (χ3n) is 4.90. The maximum absolute atomic E-state index is 12.6. The van der Waals surface area contributed by atoms with Crippen molar-refractivity contribution in [1.29, 1.82) is 0 Å². The van der Waals surface area contributed by atoms with Crippen molar-refractivity contribution in [3.63, 3.8) is 0 Å². The lowest BCUT2D eigenvalue weighted by atomic mass is 10.0. The monoisotopic (exact) mass is 392 g/mol. The van der Waals surface area contributed by atoms with Crippen LogP contribution in [-0.4, -0.2) is 61.4 Å². The van der Waals surface area contributed by atoms with Crippen LogP contribution in [0.2, 0.25) is 0 Å². The van der Waals surface area contributed by atoms with E-state index in [1.54, 1.807) is 12.1 Å². The van der Waals surface area contributed by atoms with E-state index >= 15 is 0 Å². The summed E-state index contributed by atoms with van der Waals surface area (Å²) >= 11 is 0. The number of pyridine rings is 1. The molecule has 27 heavy (non-hydrogen) atoms. The number of sulfonamides is 1. The Balaban J connectivity index is 2.04. The van der Waals surface area contributed by atoms with Crippen LogP contribution in [0.25, 0.3) is 0 Å². The molecule has 1 aromatic heterocycles. The standard InChI is InChI=1S/C20H32N4O2S/c1-5-11-23(12-6-2)19(17(3)4)16-22-20-10-9-18(15-21-20)27(25,26)24-13-7-8-14-24/h5-6,9-10,15,17,19H,1-2,7-8,11-14,16H2,3-4H3,(H,21,22). The highest BCUT2D eigenvalue weighted by molar-refractivity contribution is 7.89. The van der Waals surface area contributed by atoms with Crippen molar-refractivity contribution in [2.75, 3.05) is 38.0 Å². The van der Waals surface area contributed by atoms with Gasteiger partial charge in [-0.1, -0.05) is 26.0 Å². The molecule has 7 heteroatoms. The summed E-state index contributed by atoms with van der Waals surface area (Å²) in [6.45, 7) is 15.5. The lowest BCUT2D eigenvalue weighted by Gasteiger charge is -2.33. The molecule has 1 saturated heterocycles. The van der Waals surface area contributed by atoms with E-state index in [0.29, 0.717) is 31.4 Å². The first kappa shape index (κ1) is 21.6. The van der Waals surface area contributed by atoms with E-state index in [9.17, 15) is 8.42 Å². The molecule has 0 aliphatic carbocycles. The third kappa shape index (κ3) is 5.64. The SMILES string of the molecule is C=CCN(CC=C)C(CNc1ccc(S(=O)(=O)N2CCCC2)cn1)C(C)C. The van der Waals surface area contributed by atoms with Crippen molar-refractivity contribution in [3.05, 3.63) is 43.6 Å². The van der Waals surface area contributed by atoms with Crippen molar-refractivity contribution in [3.8, 4) is 0 Å². The highest BCUT2D eigenvalue weighted by Crippen LogP contribution is 2.21. The molecule has 0 saturated carbocycles. The highest BCUT2D eigenvalue weighted by atomic mass is 32.2. The third-order valence-corrected chi connectivity index (χ3v) is 6.78. The van der Waals surface area contributed by atoms with Gasteiger partial charge >= 0.3 is 0 Å². The molecule has 2 rings (SSSR count). The number of nitrogens with one attached hydrogen (secondary N) is 1. The van der Waals surface area contributed by atoms with Gasteiger partial charge in [0.15, 0.2) is 0 Å². The van der Waals surface area contributed by atoms with E-state index in [4.69, 9.17) is 0 Å². The summed E-state index contributed by atoms with van der Waals surface area (Å²) in [5.74, 6) is 1.12. The molecule has 0 radical (unpaired) electrons. The zero-order valence-electron chi connectivity index (χ0n) is 16.5. The number of aromatic nitrogens is 1. The lowest BCUT2D eigenvalue weighted by Crippen LogP contribution is -2.43. The van der Waals surface area contributed by atoms with Crippen LogP contribution in [0.4, 0.5) is 5.82 Å². The van der Waals surface area contributed by atoms with Crippen LogP contribution in [0.15, 0.2) is 48.5 Å². The van der Waals surface area contributed by atoms with Gasteiger partial charge in [-0.05, 0) is 30.9 Å². The fraction of sp³-hybridized carbons (Fsp3) is 0.550. The van der Waals surface area contributed by atoms with Gasteiger partial charge in [-0.3, -0.25) is 4.90 Å². The second-order valence-electron chi connectivity index (χ2n) is 7.21. The van der Waals surface area contributed by atoms with E-state index in [0.717, 1.165) is 25.9 Å². The Kier molecular flexibility index (Phi) is 8.01. The first-order chi connectivity index (χ1) is 12.9. The van der Waals surface area contributed by atoms with Gasteiger partial charge in [0.2, 0.25) is 10.0 Å². The predicted molar refractivity (Wildman–Crippen MR) is 111 cm³/mol. The molecule has 1 atom stereocenters. The maximum atomic E-state index is 12.6. The normalized spacial score (nSPS) is 16.6. The summed E-state index contributed by atoms with van der Waals surface area (Å²) < 4.78 is 26.7. The van der Waals surface area contributed by atoms with Crippen molar-refractivity contribution in [2.24, 2.45) is 5.92 Å². The Morgan fingerprint density at radius 1 is 1.22 bits per heavy atom. The molecule has 1 aromatic rings. The Morgan fingerprint density at radius 3 is 2.33 bits per heavy atom. The second kappa shape index (κ2) is 10.0. The number of rotatable bonds is 11. The quantitative estimate of drug-likeness (QED) is 0.587. The molecular weight excluding hydrogens is 360 g/mol. The molecule has 1 aliphatic heterocycles. The van der Waals surface area contributed by atoms with Crippen LogP contribution < -0.4 is 5.32 Å². The van der Waals surface area contributed by atoms with Crippen molar-refractivity contribution in [2.45, 2.75) is 37.6 Å². The van der Waals surface area contributed by atoms with Crippen LogP contribution in [0, 0.1) is 5.92 Å². The van der Waals surface area contributed by atoms with Crippen LogP contribution in [-0.2, 0) is 10.0 Å². The number of anilines is 1. The Morgan fingerprint density at radius 2 is 1.85 bits per heavy atom. The average molecular weight is 393 g/mol. The largest absolute Gasteiger partial charge is 0.368 e. The summed E-state index contributed by atoms with van der Waals surface area (Å²) in [6.07, 6.45) is 7.10. The fourth-order valence-electron chi connectivity index (χ4n) is 3.39. The number of hydrogen-bond donors (Lipinski definition) is 1. The summed E-state index contributed by atoms with van der Waals surface area (Å²) in [5, 5.41) is 3.34. The van der Waals surface area contributed by atoms with Gasteiger partial charge in [0.25, 0.3) is 0 Å². The molecule has 1 aliphatic rings. The first-order valence-corrected chi connectivity index (χ1v) is 11.0. The fourth-order valence-corrected chi connectivity index (χ4v) is 4.85. The van der Waals surface area contributed by atoms with Gasteiger partial charge < -0.3 is 5.32 Å². The second-order valence-corrected chi connectivity index (χ2v) is 9.15. The Hall–Kier alpha value is -1.70. The molecule has 0 spiro atoms. The zero-order chi connectivity index (χ0) is 19.9. The van der Waals surface area contributed by atoms with Gasteiger partial charge in [-0.2, -0.15) is 4.31 Å². The van der Waals surface area contributed by atoms with E-state index < -0.39 is 10.0 Å². The molecule has 0 bridgehead atoms. The molecule has 0 amide bonds. The molecule has 1 fully saturated rings. The van der Waals surface area contributed by atoms with Crippen molar-refractivity contribution >= 4 is 15.8 Å². The molecule has 0 aromatic carbocycles. The van der Waals surface area contributed by atoms with Gasteiger partial charge in [0, 0.05) is 45.0 Å². The maximum Gasteiger partial charge on any atom is 0.244 e. The molecule has 6 nitrogen and oxygen atoms in total. The van der Waals surface area contributed by atoms with Crippen LogP contribution >= 0.6 is 0 Å². The van der Waals surface area contributed by atoms with Crippen molar-refractivity contribution < 1.29 is 8.42 Å². The summed E-state index contributed by atoms with van der Waals surface area (Å²) in [5.41, 5.74) is 0. The smallest absolute Gasteiger partial charge is 0.244 e. The van der Waals surface area contributed by atoms with E-state index in [-0.39, 0.29) is 10.9 Å². The van der Waals surface area contributed by atoms with Crippen LogP contribution in [0.1, 0.15) is 26.7 Å². The average Bonchev–Trinajstić information content (AvgIpc) is 3.18. The highest BCUT2D eigenvalue weighted by Gasteiger charge is 2.27. The van der Waals surface area contributed by atoms with Gasteiger partial charge in [0.1, 0.15) is 10.7 Å². The van der Waals surface area contributed by atoms with Crippen molar-refractivity contribution in [1.82, 2.24) is 14.2 Å². The summed E-state index contributed by atoms with van der Waals surface area (Å²) in [4.78, 5) is 6.89. The van der Waals surface area contributed by atoms with Gasteiger partial charge in [0.05, 0.1) is 0 Å². The summed E-state index contributed by atoms with van der Waals surface area (Å²) in [6, 6.07) is 3.67. The first-order valence-electron chi connectivity index (χ1n) is 9.56. The number of hydrogen-bond acceptors (Lipinski definition) is 5. The van der Waals surface area contributed by atoms with E-state index in [1.807, 2.05) is 12.2 Å². The topological polar surface area (TPSA) is 65.5 Å². The molecular formula is C20H32N4O2S. The van der Waals surface area contributed by atoms with Gasteiger partial charge in [-0.15, -0.1) is 13.2 Å². The zero-order valence-corrected chi connectivity index (χ0v) is 17.3. The lowest BCUT2D eigenvalue weighted by molar-refractivity contribution is 0.199. The van der Waals surface area contributed by atoms with Crippen LogP contribution in [0.3, 0.4) is 0 Å².